The van der Waals surface area contributed by atoms with E-state index in [1.807, 2.05) is 25.1 Å². The van der Waals surface area contributed by atoms with Gasteiger partial charge < -0.3 is 10.1 Å². The molecule has 0 atom stereocenters. The third-order valence-corrected chi connectivity index (χ3v) is 2.26. The maximum absolute atomic E-state index is 11.3. The molecule has 1 aromatic rings. The number of carbonyl (C=O) groups is 1. The lowest BCUT2D eigenvalue weighted by Gasteiger charge is -2.05. The summed E-state index contributed by atoms with van der Waals surface area (Å²) in [5.41, 5.74) is 1.24. The highest BCUT2D eigenvalue weighted by atomic mass is 16.5. The molecule has 0 unspecified atom stereocenters. The molecule has 3 nitrogen and oxygen atoms in total. The highest BCUT2D eigenvalue weighted by Gasteiger charge is 1.99. The number of amides is 1. The molecule has 3 heteroatoms. The van der Waals surface area contributed by atoms with Crippen molar-refractivity contribution < 1.29 is 9.53 Å². The van der Waals surface area contributed by atoms with Crippen molar-refractivity contribution in [3.05, 3.63) is 35.9 Å². The van der Waals surface area contributed by atoms with E-state index in [0.717, 1.165) is 6.42 Å². The van der Waals surface area contributed by atoms with Gasteiger partial charge >= 0.3 is 0 Å². The van der Waals surface area contributed by atoms with Crippen LogP contribution in [0.4, 0.5) is 0 Å². The Kier molecular flexibility index (Phi) is 6.26. The molecule has 0 fully saturated rings. The van der Waals surface area contributed by atoms with E-state index in [1.54, 1.807) is 0 Å². The van der Waals surface area contributed by atoms with Crippen LogP contribution in [0.1, 0.15) is 18.9 Å². The normalized spacial score (nSPS) is 10.1. The average molecular weight is 221 g/mol. The minimum atomic E-state index is 0.0596. The molecule has 16 heavy (non-hydrogen) atoms. The van der Waals surface area contributed by atoms with Crippen molar-refractivity contribution in [2.75, 3.05) is 19.8 Å². The van der Waals surface area contributed by atoms with Gasteiger partial charge in [0.25, 0.3) is 0 Å². The Hall–Kier alpha value is -1.35. The molecule has 0 bridgehead atoms. The lowest BCUT2D eigenvalue weighted by Crippen LogP contribution is -2.26. The van der Waals surface area contributed by atoms with Gasteiger partial charge in [-0.2, -0.15) is 0 Å². The highest BCUT2D eigenvalue weighted by molar-refractivity contribution is 5.75. The summed E-state index contributed by atoms with van der Waals surface area (Å²) in [6, 6.07) is 10.1. The first kappa shape index (κ1) is 12.7. The van der Waals surface area contributed by atoms with Gasteiger partial charge in [0.1, 0.15) is 0 Å². The van der Waals surface area contributed by atoms with Crippen molar-refractivity contribution in [1.29, 1.82) is 0 Å². The maximum atomic E-state index is 11.3. The topological polar surface area (TPSA) is 38.3 Å². The Balaban J connectivity index is 2.09. The summed E-state index contributed by atoms with van der Waals surface area (Å²) in [6.45, 7) is 3.78. The Morgan fingerprint density at radius 3 is 2.75 bits per heavy atom. The van der Waals surface area contributed by atoms with Crippen LogP contribution in [0.25, 0.3) is 0 Å². The largest absolute Gasteiger partial charge is 0.381 e. The summed E-state index contributed by atoms with van der Waals surface area (Å²) in [4.78, 5) is 11.3. The van der Waals surface area contributed by atoms with Crippen molar-refractivity contribution >= 4 is 5.91 Å². The van der Waals surface area contributed by atoms with Gasteiger partial charge in [0, 0.05) is 19.6 Å². The maximum Gasteiger partial charge on any atom is 0.222 e. The van der Waals surface area contributed by atoms with Gasteiger partial charge in [-0.3, -0.25) is 4.79 Å². The Morgan fingerprint density at radius 1 is 1.31 bits per heavy atom. The first-order chi connectivity index (χ1) is 7.83. The Bertz CT molecular complexity index is 298. The van der Waals surface area contributed by atoms with Crippen LogP contribution in [0, 0.1) is 0 Å². The molecule has 0 radical (unpaired) electrons. The van der Waals surface area contributed by atoms with Gasteiger partial charge in [-0.15, -0.1) is 0 Å². The van der Waals surface area contributed by atoms with Gasteiger partial charge in [0.2, 0.25) is 5.91 Å². The van der Waals surface area contributed by atoms with E-state index in [0.29, 0.717) is 26.2 Å². The van der Waals surface area contributed by atoms with Crippen LogP contribution in [0.5, 0.6) is 0 Å². The second-order valence-corrected chi connectivity index (χ2v) is 3.53. The summed E-state index contributed by atoms with van der Waals surface area (Å²) in [5, 5.41) is 2.87. The summed E-state index contributed by atoms with van der Waals surface area (Å²) in [6.07, 6.45) is 1.32. The quantitative estimate of drug-likeness (QED) is 0.713. The molecule has 1 rings (SSSR count). The number of rotatable bonds is 7. The molecular formula is C13H19NO2. The van der Waals surface area contributed by atoms with Crippen LogP contribution in [-0.2, 0) is 16.0 Å². The number of ether oxygens (including phenoxy) is 1. The van der Waals surface area contributed by atoms with Gasteiger partial charge in [0.15, 0.2) is 0 Å². The number of hydrogen-bond acceptors (Lipinski definition) is 2. The van der Waals surface area contributed by atoms with Crippen LogP contribution in [-0.4, -0.2) is 25.7 Å². The van der Waals surface area contributed by atoms with Gasteiger partial charge in [0.05, 0.1) is 6.61 Å². The molecule has 0 aliphatic rings. The van der Waals surface area contributed by atoms with E-state index in [1.165, 1.54) is 5.56 Å². The van der Waals surface area contributed by atoms with E-state index in [-0.39, 0.29) is 5.91 Å². The fraction of sp³-hybridized carbons (Fsp3) is 0.462. The third kappa shape index (κ3) is 5.51. The number of hydrogen-bond donors (Lipinski definition) is 1. The molecule has 1 aromatic carbocycles. The average Bonchev–Trinajstić information content (AvgIpc) is 2.31. The molecule has 1 amide bonds. The fourth-order valence-electron chi connectivity index (χ4n) is 1.39. The molecule has 0 saturated heterocycles. The van der Waals surface area contributed by atoms with Crippen molar-refractivity contribution in [2.24, 2.45) is 0 Å². The monoisotopic (exact) mass is 221 g/mol. The molecule has 88 valence electrons. The predicted octanol–water partition coefficient (Wildman–Crippen LogP) is 1.77. The Morgan fingerprint density at radius 2 is 2.06 bits per heavy atom. The molecular weight excluding hydrogens is 202 g/mol. The molecule has 0 spiro atoms. The zero-order valence-electron chi connectivity index (χ0n) is 9.74. The Labute approximate surface area is 96.8 Å². The number of nitrogens with one attached hydrogen (secondary N) is 1. The molecule has 0 aliphatic heterocycles. The molecule has 0 aliphatic carbocycles. The second kappa shape index (κ2) is 7.88. The summed E-state index contributed by atoms with van der Waals surface area (Å²) in [7, 11) is 0. The molecule has 0 saturated carbocycles. The lowest BCUT2D eigenvalue weighted by atomic mass is 10.1. The first-order valence-corrected chi connectivity index (χ1v) is 5.71. The van der Waals surface area contributed by atoms with E-state index >= 15 is 0 Å². The lowest BCUT2D eigenvalue weighted by molar-refractivity contribution is -0.122. The highest BCUT2D eigenvalue weighted by Crippen LogP contribution is 1.98. The van der Waals surface area contributed by atoms with Crippen LogP contribution >= 0.6 is 0 Å². The SMILES string of the molecule is CCOCCC(=O)NCCc1ccccc1. The first-order valence-electron chi connectivity index (χ1n) is 5.71. The van der Waals surface area contributed by atoms with Gasteiger partial charge in [-0.25, -0.2) is 0 Å². The van der Waals surface area contributed by atoms with Gasteiger partial charge in [-0.1, -0.05) is 30.3 Å². The van der Waals surface area contributed by atoms with Gasteiger partial charge in [-0.05, 0) is 18.9 Å². The molecule has 0 aromatic heterocycles. The van der Waals surface area contributed by atoms with E-state index < -0.39 is 0 Å². The fourth-order valence-corrected chi connectivity index (χ4v) is 1.39. The second-order valence-electron chi connectivity index (χ2n) is 3.53. The van der Waals surface area contributed by atoms with Crippen LogP contribution in [0.2, 0.25) is 0 Å². The van der Waals surface area contributed by atoms with Crippen LogP contribution in [0.3, 0.4) is 0 Å². The van der Waals surface area contributed by atoms with Crippen molar-refractivity contribution in [1.82, 2.24) is 5.32 Å². The predicted molar refractivity (Wildman–Crippen MR) is 64.3 cm³/mol. The van der Waals surface area contributed by atoms with Crippen molar-refractivity contribution in [3.8, 4) is 0 Å². The summed E-state index contributed by atoms with van der Waals surface area (Å²) in [5.74, 6) is 0.0596. The third-order valence-electron chi connectivity index (χ3n) is 2.26. The molecule has 1 N–H and O–H groups in total. The van der Waals surface area contributed by atoms with Crippen molar-refractivity contribution in [3.63, 3.8) is 0 Å². The zero-order chi connectivity index (χ0) is 11.6. The van der Waals surface area contributed by atoms with E-state index in [4.69, 9.17) is 4.74 Å². The van der Waals surface area contributed by atoms with Crippen molar-refractivity contribution in [2.45, 2.75) is 19.8 Å². The standard InChI is InChI=1S/C13H19NO2/c1-2-16-11-9-13(15)14-10-8-12-6-4-3-5-7-12/h3-7H,2,8-11H2,1H3,(H,14,15). The number of benzene rings is 1. The summed E-state index contributed by atoms with van der Waals surface area (Å²) < 4.78 is 5.11. The minimum absolute atomic E-state index is 0.0596. The number of carbonyl (C=O) groups excluding carboxylic acids is 1. The molecule has 0 heterocycles. The van der Waals surface area contributed by atoms with Crippen LogP contribution < -0.4 is 5.32 Å². The summed E-state index contributed by atoms with van der Waals surface area (Å²) >= 11 is 0. The minimum Gasteiger partial charge on any atom is -0.381 e. The zero-order valence-corrected chi connectivity index (χ0v) is 9.74. The smallest absolute Gasteiger partial charge is 0.222 e. The van der Waals surface area contributed by atoms with Crippen LogP contribution in [0.15, 0.2) is 30.3 Å². The van der Waals surface area contributed by atoms with E-state index in [2.05, 4.69) is 17.4 Å². The van der Waals surface area contributed by atoms with E-state index in [9.17, 15) is 4.79 Å².